The van der Waals surface area contributed by atoms with Crippen LogP contribution in [0.4, 0.5) is 0 Å². The van der Waals surface area contributed by atoms with Gasteiger partial charge in [-0.3, -0.25) is 6.08 Å². The number of hydrogen-bond acceptors (Lipinski definition) is 0. The number of halogens is 2. The zero-order valence-electron chi connectivity index (χ0n) is 30.6. The molecule has 0 aliphatic heterocycles. The molecular weight excluding hydrogens is 703 g/mol. The topological polar surface area (TPSA) is 0 Å². The van der Waals surface area contributed by atoms with Gasteiger partial charge < -0.3 is 24.8 Å². The van der Waals surface area contributed by atoms with Gasteiger partial charge in [-0.15, -0.1) is 11.1 Å². The van der Waals surface area contributed by atoms with Gasteiger partial charge in [0, 0.05) is 0 Å². The molecule has 0 spiro atoms. The number of allylic oxidation sites excluding steroid dienone is 4. The molecule has 0 saturated heterocycles. The van der Waals surface area contributed by atoms with E-state index in [4.69, 9.17) is 0 Å². The number of hydrogen-bond donors (Lipinski definition) is 0. The fourth-order valence-corrected chi connectivity index (χ4v) is 6.44. The van der Waals surface area contributed by atoms with Gasteiger partial charge in [-0.2, -0.15) is 35.4 Å². The van der Waals surface area contributed by atoms with Crippen molar-refractivity contribution in [1.29, 1.82) is 0 Å². The molecule has 0 radical (unpaired) electrons. The molecule has 2 aliphatic carbocycles. The first-order chi connectivity index (χ1) is 21.6. The van der Waals surface area contributed by atoms with E-state index >= 15 is 0 Å². The summed E-state index contributed by atoms with van der Waals surface area (Å²) in [5.41, 5.74) is 13.1. The fraction of sp³-hybridized carbons (Fsp3) is 0.356. The molecule has 3 heteroatoms. The van der Waals surface area contributed by atoms with Crippen molar-refractivity contribution >= 4 is 3.21 Å². The third-order valence-electron chi connectivity index (χ3n) is 8.73. The van der Waals surface area contributed by atoms with Crippen molar-refractivity contribution in [2.45, 2.75) is 92.9 Å². The summed E-state index contributed by atoms with van der Waals surface area (Å²) in [6.45, 7) is 22.5. The van der Waals surface area contributed by atoms with Gasteiger partial charge in [-0.05, 0) is 28.4 Å². The molecule has 4 aromatic rings. The molecule has 4 aromatic carbocycles. The monoisotopic (exact) mass is 752 g/mol. The number of rotatable bonds is 3. The van der Waals surface area contributed by atoms with Gasteiger partial charge in [0.2, 0.25) is 0 Å². The van der Waals surface area contributed by atoms with Gasteiger partial charge in [-0.25, -0.2) is 6.08 Å². The van der Waals surface area contributed by atoms with Gasteiger partial charge in [0.25, 0.3) is 0 Å². The van der Waals surface area contributed by atoms with Crippen LogP contribution in [0.5, 0.6) is 0 Å². The Balaban J connectivity index is 0.000000260. The maximum absolute atomic E-state index is 3.67. The quantitative estimate of drug-likeness (QED) is 0.204. The molecule has 0 N–H and O–H groups in total. The molecule has 1 unspecified atom stereocenters. The van der Waals surface area contributed by atoms with Gasteiger partial charge >= 0.3 is 99.2 Å². The van der Waals surface area contributed by atoms with Crippen LogP contribution in [0.3, 0.4) is 0 Å². The van der Waals surface area contributed by atoms with Crippen molar-refractivity contribution in [2.75, 3.05) is 0 Å². The van der Waals surface area contributed by atoms with Crippen LogP contribution < -0.4 is 24.8 Å². The van der Waals surface area contributed by atoms with Crippen molar-refractivity contribution in [2.24, 2.45) is 11.3 Å². The predicted octanol–water partition coefficient (Wildman–Crippen LogP) is 5.82. The summed E-state index contributed by atoms with van der Waals surface area (Å²) in [6.07, 6.45) is 10.0. The first kappa shape index (κ1) is 41.9. The molecule has 6 rings (SSSR count). The van der Waals surface area contributed by atoms with Crippen LogP contribution in [0.15, 0.2) is 109 Å². The van der Waals surface area contributed by atoms with Crippen LogP contribution in [0.2, 0.25) is 0 Å². The minimum absolute atomic E-state index is 0. The number of benzene rings is 4. The van der Waals surface area contributed by atoms with E-state index in [0.717, 1.165) is 6.42 Å². The molecule has 0 bridgehead atoms. The van der Waals surface area contributed by atoms with E-state index < -0.39 is 0 Å². The third kappa shape index (κ3) is 11.1. The summed E-state index contributed by atoms with van der Waals surface area (Å²) < 4.78 is 1.42. The van der Waals surface area contributed by atoms with Crippen molar-refractivity contribution in [3.8, 4) is 11.1 Å². The Hall–Kier alpha value is -2.31. The SMILES string of the molecule is CC(C)(C)c1[c-]c2c(cc1)-c1ccc(C(C)(C)C)cc1C2.CCC1[C-]=CC(C(C)(C)C)=C1.[Cl-].[Cl-].[Zr+2]=[C](c1ccccc1)c1ccccc1. The first-order valence-corrected chi connectivity index (χ1v) is 18.0. The summed E-state index contributed by atoms with van der Waals surface area (Å²) in [5.74, 6) is 0.573. The van der Waals surface area contributed by atoms with Gasteiger partial charge in [0.15, 0.2) is 0 Å². The molecule has 0 nitrogen and oxygen atoms in total. The Morgan fingerprint density at radius 1 is 0.688 bits per heavy atom. The van der Waals surface area contributed by atoms with Crippen LogP contribution in [0, 0.1) is 23.5 Å². The Bertz CT molecular complexity index is 1590. The van der Waals surface area contributed by atoms with Crippen molar-refractivity contribution in [3.63, 3.8) is 0 Å². The number of fused-ring (bicyclic) bond motifs is 3. The van der Waals surface area contributed by atoms with Crippen molar-refractivity contribution in [3.05, 3.63) is 154 Å². The summed E-state index contributed by atoms with van der Waals surface area (Å²) in [4.78, 5) is 0. The Morgan fingerprint density at radius 3 is 1.67 bits per heavy atom. The fourth-order valence-electron chi connectivity index (χ4n) is 5.62. The van der Waals surface area contributed by atoms with Crippen LogP contribution in [-0.4, -0.2) is 3.21 Å². The van der Waals surface area contributed by atoms with Crippen LogP contribution in [0.25, 0.3) is 11.1 Å². The maximum atomic E-state index is 3.67. The van der Waals surface area contributed by atoms with E-state index in [-0.39, 0.29) is 35.6 Å². The van der Waals surface area contributed by atoms with E-state index in [1.807, 2.05) is 0 Å². The second-order valence-corrected chi connectivity index (χ2v) is 16.8. The van der Waals surface area contributed by atoms with Crippen LogP contribution in [0.1, 0.15) is 109 Å². The van der Waals surface area contributed by atoms with E-state index in [2.05, 4.69) is 185 Å². The van der Waals surface area contributed by atoms with Gasteiger partial charge in [-0.1, -0.05) is 111 Å². The molecule has 252 valence electrons. The van der Waals surface area contributed by atoms with Crippen LogP contribution >= 0.6 is 0 Å². The second-order valence-electron chi connectivity index (χ2n) is 15.6. The average molecular weight is 755 g/mol. The van der Waals surface area contributed by atoms with E-state index in [0.29, 0.717) is 11.3 Å². The predicted molar refractivity (Wildman–Crippen MR) is 196 cm³/mol. The Kier molecular flexibility index (Phi) is 15.3. The van der Waals surface area contributed by atoms with Gasteiger partial charge in [0.1, 0.15) is 0 Å². The Morgan fingerprint density at radius 2 is 1.23 bits per heavy atom. The van der Waals surface area contributed by atoms with Gasteiger partial charge in [0.05, 0.1) is 0 Å². The average Bonchev–Trinajstić information content (AvgIpc) is 3.66. The zero-order valence-corrected chi connectivity index (χ0v) is 34.5. The minimum atomic E-state index is 0. The summed E-state index contributed by atoms with van der Waals surface area (Å²) in [5, 5.41) is 0. The van der Waals surface area contributed by atoms with Crippen molar-refractivity contribution < 1.29 is 49.0 Å². The third-order valence-corrected chi connectivity index (χ3v) is 10.1. The summed E-state index contributed by atoms with van der Waals surface area (Å²) in [7, 11) is 0. The van der Waals surface area contributed by atoms with E-state index in [9.17, 15) is 0 Å². The van der Waals surface area contributed by atoms with E-state index in [1.165, 1.54) is 83.9 Å². The molecule has 0 aromatic heterocycles. The molecule has 1 atom stereocenters. The molecule has 2 aliphatic rings. The molecule has 48 heavy (non-hydrogen) atoms. The van der Waals surface area contributed by atoms with Crippen LogP contribution in [-0.2, 0) is 41.5 Å². The standard InChI is InChI=1S/C21H25.C13H10.C11H17.2ClH.Zr/c1-20(2,3)16-7-9-18-14(12-16)11-15-13-17(21(4,5)6)8-10-19(15)18;1-3-7-12(8-4-1)11-13-9-5-2-6-10-13;1-5-9-6-7-10(8-9)11(2,3)4;;;/h7-10,12H,11H2,1-6H3;1-10H;7-9H,5H2,1-4H3;2*1H;/q-1;;-1;;;+2/p-2. The summed E-state index contributed by atoms with van der Waals surface area (Å²) >= 11 is 1.46. The summed E-state index contributed by atoms with van der Waals surface area (Å²) in [6, 6.07) is 36.3. The molecule has 0 saturated carbocycles. The normalized spacial score (nSPS) is 14.5. The van der Waals surface area contributed by atoms with Crippen molar-refractivity contribution in [1.82, 2.24) is 0 Å². The molecular formula is C45H52Cl2Zr-2. The molecule has 0 amide bonds. The molecule has 0 heterocycles. The first-order valence-electron chi connectivity index (χ1n) is 16.8. The van der Waals surface area contributed by atoms with E-state index in [1.54, 1.807) is 0 Å². The molecule has 0 fully saturated rings. The Labute approximate surface area is 319 Å². The second kappa shape index (κ2) is 17.6. The zero-order chi connectivity index (χ0) is 33.7.